The molecule has 116 valence electrons. The van der Waals surface area contributed by atoms with Gasteiger partial charge in [-0.2, -0.15) is 5.10 Å². The van der Waals surface area contributed by atoms with Gasteiger partial charge in [0.05, 0.1) is 10.9 Å². The number of nitrogens with zero attached hydrogens (tertiary/aromatic N) is 3. The zero-order valence-electron chi connectivity index (χ0n) is 13.1. The Balaban J connectivity index is 2.10. The Morgan fingerprint density at radius 1 is 1.38 bits per heavy atom. The minimum absolute atomic E-state index is 0.474. The predicted molar refractivity (Wildman–Crippen MR) is 93.5 cm³/mol. The molecular weight excluding hydrogens is 348 g/mol. The van der Waals surface area contributed by atoms with Crippen LogP contribution in [0.15, 0.2) is 16.9 Å². The van der Waals surface area contributed by atoms with Crippen LogP contribution in [0, 0.1) is 0 Å². The standard InChI is InChI=1S/C14H23BrN4OSi/c1-5-16-13-8-12-11(9-17-13)14(15)18-19(12)10-20-6-7-21(2,3)4/h8-9H,5-7,10H2,1-4H3,(H,16,17). The quantitative estimate of drug-likeness (QED) is 0.592. The Morgan fingerprint density at radius 2 is 2.14 bits per heavy atom. The second-order valence-electron chi connectivity index (χ2n) is 6.26. The van der Waals surface area contributed by atoms with E-state index >= 15 is 0 Å². The van der Waals surface area contributed by atoms with Crippen molar-refractivity contribution in [1.82, 2.24) is 14.8 Å². The molecule has 0 saturated heterocycles. The van der Waals surface area contributed by atoms with Crippen molar-refractivity contribution in [2.24, 2.45) is 0 Å². The van der Waals surface area contributed by atoms with Crippen LogP contribution in [-0.4, -0.2) is 36.0 Å². The molecule has 0 aromatic carbocycles. The summed E-state index contributed by atoms with van der Waals surface area (Å²) in [5, 5.41) is 8.70. The molecule has 0 aliphatic heterocycles. The molecule has 5 nitrogen and oxygen atoms in total. The van der Waals surface area contributed by atoms with Gasteiger partial charge in [-0.25, -0.2) is 9.67 Å². The van der Waals surface area contributed by atoms with Crippen LogP contribution in [0.5, 0.6) is 0 Å². The minimum Gasteiger partial charge on any atom is -0.370 e. The molecule has 0 fully saturated rings. The van der Waals surface area contributed by atoms with Crippen LogP contribution in [0.25, 0.3) is 10.9 Å². The number of hydrogen-bond acceptors (Lipinski definition) is 4. The van der Waals surface area contributed by atoms with E-state index in [0.29, 0.717) is 6.73 Å². The molecule has 0 amide bonds. The summed E-state index contributed by atoms with van der Waals surface area (Å²) in [6.45, 7) is 11.2. The van der Waals surface area contributed by atoms with E-state index in [0.717, 1.165) is 40.5 Å². The largest absolute Gasteiger partial charge is 0.370 e. The Hall–Kier alpha value is -0.923. The van der Waals surface area contributed by atoms with Gasteiger partial charge in [-0.05, 0) is 28.9 Å². The van der Waals surface area contributed by atoms with Gasteiger partial charge in [0.2, 0.25) is 0 Å². The van der Waals surface area contributed by atoms with E-state index in [2.05, 4.69) is 57.9 Å². The average molecular weight is 371 g/mol. The summed E-state index contributed by atoms with van der Waals surface area (Å²) in [5.41, 5.74) is 1.03. The fourth-order valence-electron chi connectivity index (χ4n) is 1.94. The molecule has 2 rings (SSSR count). The maximum Gasteiger partial charge on any atom is 0.140 e. The topological polar surface area (TPSA) is 52.0 Å². The molecule has 0 radical (unpaired) electrons. The van der Waals surface area contributed by atoms with Gasteiger partial charge in [0.25, 0.3) is 0 Å². The summed E-state index contributed by atoms with van der Waals surface area (Å²) in [7, 11) is -1.05. The van der Waals surface area contributed by atoms with Crippen LogP contribution >= 0.6 is 15.9 Å². The highest BCUT2D eigenvalue weighted by atomic mass is 79.9. The second-order valence-corrected chi connectivity index (χ2v) is 12.6. The van der Waals surface area contributed by atoms with Gasteiger partial charge in [-0.15, -0.1) is 0 Å². The van der Waals surface area contributed by atoms with Crippen molar-refractivity contribution in [3.05, 3.63) is 16.9 Å². The predicted octanol–water partition coefficient (Wildman–Crippen LogP) is 3.94. The molecule has 0 aliphatic carbocycles. The number of anilines is 1. The first kappa shape index (κ1) is 16.4. The first-order valence-corrected chi connectivity index (χ1v) is 11.7. The number of fused-ring (bicyclic) bond motifs is 1. The zero-order chi connectivity index (χ0) is 15.5. The number of rotatable bonds is 7. The number of aromatic nitrogens is 3. The van der Waals surface area contributed by atoms with E-state index in [4.69, 9.17) is 4.74 Å². The number of halogens is 1. The van der Waals surface area contributed by atoms with E-state index < -0.39 is 8.07 Å². The van der Waals surface area contributed by atoms with Crippen LogP contribution in [0.2, 0.25) is 25.7 Å². The summed E-state index contributed by atoms with van der Waals surface area (Å²) >= 11 is 3.48. The maximum absolute atomic E-state index is 5.79. The molecule has 2 aromatic heterocycles. The first-order chi connectivity index (χ1) is 9.90. The van der Waals surface area contributed by atoms with Crippen molar-refractivity contribution in [3.63, 3.8) is 0 Å². The summed E-state index contributed by atoms with van der Waals surface area (Å²) in [6.07, 6.45) is 1.84. The van der Waals surface area contributed by atoms with Crippen molar-refractivity contribution in [3.8, 4) is 0 Å². The average Bonchev–Trinajstić information content (AvgIpc) is 2.71. The molecule has 2 aromatic rings. The van der Waals surface area contributed by atoms with Gasteiger partial charge in [0, 0.05) is 33.5 Å². The van der Waals surface area contributed by atoms with Gasteiger partial charge in [-0.1, -0.05) is 19.6 Å². The smallest absolute Gasteiger partial charge is 0.140 e. The van der Waals surface area contributed by atoms with Gasteiger partial charge in [0.15, 0.2) is 0 Å². The number of hydrogen-bond donors (Lipinski definition) is 1. The minimum atomic E-state index is -1.05. The zero-order valence-corrected chi connectivity index (χ0v) is 15.7. The van der Waals surface area contributed by atoms with E-state index in [1.165, 1.54) is 0 Å². The highest BCUT2D eigenvalue weighted by Gasteiger charge is 2.13. The first-order valence-electron chi connectivity index (χ1n) is 7.24. The third kappa shape index (κ3) is 4.52. The van der Waals surface area contributed by atoms with E-state index in [9.17, 15) is 0 Å². The third-order valence-corrected chi connectivity index (χ3v) is 5.45. The molecule has 2 heterocycles. The monoisotopic (exact) mass is 370 g/mol. The maximum atomic E-state index is 5.79. The fraction of sp³-hybridized carbons (Fsp3) is 0.571. The summed E-state index contributed by atoms with van der Waals surface area (Å²) in [4.78, 5) is 4.37. The van der Waals surface area contributed by atoms with Crippen molar-refractivity contribution in [1.29, 1.82) is 0 Å². The summed E-state index contributed by atoms with van der Waals surface area (Å²) < 4.78 is 8.48. The third-order valence-electron chi connectivity index (χ3n) is 3.16. The lowest BCUT2D eigenvalue weighted by molar-refractivity contribution is 0.0815. The molecule has 1 N–H and O–H groups in total. The van der Waals surface area contributed by atoms with Gasteiger partial charge in [-0.3, -0.25) is 0 Å². The van der Waals surface area contributed by atoms with Gasteiger partial charge in [0.1, 0.15) is 17.2 Å². The van der Waals surface area contributed by atoms with E-state index in [1.807, 2.05) is 16.9 Å². The highest BCUT2D eigenvalue weighted by Crippen LogP contribution is 2.24. The second kappa shape index (κ2) is 6.89. The Morgan fingerprint density at radius 3 is 2.81 bits per heavy atom. The molecule has 0 aliphatic rings. The molecule has 0 saturated carbocycles. The van der Waals surface area contributed by atoms with Crippen molar-refractivity contribution >= 4 is 40.7 Å². The lowest BCUT2D eigenvalue weighted by Crippen LogP contribution is -2.22. The van der Waals surface area contributed by atoms with Gasteiger partial charge < -0.3 is 10.1 Å². The van der Waals surface area contributed by atoms with E-state index in [1.54, 1.807) is 0 Å². The van der Waals surface area contributed by atoms with Crippen molar-refractivity contribution in [2.45, 2.75) is 39.3 Å². The van der Waals surface area contributed by atoms with Crippen LogP contribution in [-0.2, 0) is 11.5 Å². The molecule has 0 spiro atoms. The van der Waals surface area contributed by atoms with Crippen LogP contribution in [0.4, 0.5) is 5.82 Å². The van der Waals surface area contributed by atoms with Crippen molar-refractivity contribution in [2.75, 3.05) is 18.5 Å². The lowest BCUT2D eigenvalue weighted by atomic mass is 10.3. The molecular formula is C14H23BrN4OSi. The fourth-order valence-corrected chi connectivity index (χ4v) is 3.19. The van der Waals surface area contributed by atoms with Crippen LogP contribution in [0.3, 0.4) is 0 Å². The van der Waals surface area contributed by atoms with E-state index in [-0.39, 0.29) is 0 Å². The van der Waals surface area contributed by atoms with Gasteiger partial charge >= 0.3 is 0 Å². The molecule has 0 unspecified atom stereocenters. The Labute approximate surface area is 135 Å². The number of nitrogens with one attached hydrogen (secondary N) is 1. The Kier molecular flexibility index (Phi) is 5.40. The van der Waals surface area contributed by atoms with Crippen molar-refractivity contribution < 1.29 is 4.74 Å². The number of ether oxygens (including phenoxy) is 1. The normalized spacial score (nSPS) is 12.0. The Bertz CT molecular complexity index is 609. The summed E-state index contributed by atoms with van der Waals surface area (Å²) in [6, 6.07) is 3.18. The molecule has 7 heteroatoms. The lowest BCUT2D eigenvalue weighted by Gasteiger charge is -2.15. The summed E-state index contributed by atoms with van der Waals surface area (Å²) in [5.74, 6) is 0.862. The number of pyridine rings is 1. The van der Waals surface area contributed by atoms with Crippen LogP contribution in [0.1, 0.15) is 6.92 Å². The molecule has 0 atom stereocenters. The molecule has 21 heavy (non-hydrogen) atoms. The molecule has 0 bridgehead atoms. The SMILES string of the molecule is CCNc1cc2c(cn1)c(Br)nn2COCC[Si](C)(C)C. The highest BCUT2D eigenvalue weighted by molar-refractivity contribution is 9.10. The van der Waals surface area contributed by atoms with Crippen LogP contribution < -0.4 is 5.32 Å².